The van der Waals surface area contributed by atoms with Crippen molar-refractivity contribution in [3.8, 4) is 17.2 Å². The van der Waals surface area contributed by atoms with Crippen LogP contribution in [-0.2, 0) is 6.42 Å². The van der Waals surface area contributed by atoms with Crippen molar-refractivity contribution in [3.05, 3.63) is 95.6 Å². The highest BCUT2D eigenvalue weighted by atomic mass is 16.4. The molecule has 0 aromatic heterocycles. The Morgan fingerprint density at radius 2 is 1.45 bits per heavy atom. The largest absolute Gasteiger partial charge is 0.478 e. The minimum Gasteiger partial charge on any atom is -0.478 e. The Hall–Kier alpha value is -3.38. The summed E-state index contributed by atoms with van der Waals surface area (Å²) in [5.74, 6) is -0.854. The van der Waals surface area contributed by atoms with Crippen LogP contribution in [0.3, 0.4) is 0 Å². The van der Waals surface area contributed by atoms with Gasteiger partial charge in [-0.2, -0.15) is 5.26 Å². The van der Waals surface area contributed by atoms with E-state index in [0.717, 1.165) is 12.0 Å². The number of aryl methyl sites for hydroxylation is 1. The van der Waals surface area contributed by atoms with E-state index in [1.54, 1.807) is 12.1 Å². The summed E-state index contributed by atoms with van der Waals surface area (Å²) >= 11 is 0. The topological polar surface area (TPSA) is 61.1 Å². The Balaban J connectivity index is 0.000000207. The number of hydrogen-bond donors (Lipinski definition) is 1. The lowest BCUT2D eigenvalue weighted by molar-refractivity contribution is 0.0697. The van der Waals surface area contributed by atoms with E-state index in [-0.39, 0.29) is 0 Å². The first kappa shape index (κ1) is 21.9. The number of carbonyl (C=O) groups is 1. The zero-order valence-corrected chi connectivity index (χ0v) is 16.8. The molecule has 0 saturated heterocycles. The molecule has 0 heterocycles. The molecule has 3 rings (SSSR count). The number of nitrogens with zero attached hydrogens (tertiary/aromatic N) is 1. The molecule has 3 aromatic carbocycles. The monoisotopic (exact) mass is 385 g/mol. The lowest BCUT2D eigenvalue weighted by Gasteiger charge is -2.01. The SMILES string of the molecule is CCCCCCc1ccc(C(=O)O)cc1.N#Cc1ccc(-c2ccccc2)cc1. The van der Waals surface area contributed by atoms with Crippen molar-refractivity contribution in [2.24, 2.45) is 0 Å². The predicted octanol–water partition coefficient (Wildman–Crippen LogP) is 6.73. The second kappa shape index (κ2) is 12.2. The van der Waals surface area contributed by atoms with Crippen molar-refractivity contribution >= 4 is 5.97 Å². The average molecular weight is 386 g/mol. The molecule has 3 nitrogen and oxygen atoms in total. The van der Waals surface area contributed by atoms with Gasteiger partial charge in [-0.25, -0.2) is 4.79 Å². The molecular weight excluding hydrogens is 358 g/mol. The maximum Gasteiger partial charge on any atom is 0.335 e. The zero-order chi connectivity index (χ0) is 20.9. The first-order chi connectivity index (χ1) is 14.1. The van der Waals surface area contributed by atoms with Crippen LogP contribution in [0, 0.1) is 11.3 Å². The number of carboxylic acid groups (broad SMARTS) is 1. The summed E-state index contributed by atoms with van der Waals surface area (Å²) in [6.07, 6.45) is 6.04. The molecule has 0 radical (unpaired) electrons. The van der Waals surface area contributed by atoms with Gasteiger partial charge in [0.2, 0.25) is 0 Å². The molecule has 3 aromatic rings. The first-order valence-electron chi connectivity index (χ1n) is 10.0. The fourth-order valence-corrected chi connectivity index (χ4v) is 2.94. The van der Waals surface area contributed by atoms with Gasteiger partial charge in [0.25, 0.3) is 0 Å². The van der Waals surface area contributed by atoms with Crippen molar-refractivity contribution < 1.29 is 9.90 Å². The molecular formula is C26H27NO2. The van der Waals surface area contributed by atoms with Crippen LogP contribution < -0.4 is 0 Å². The van der Waals surface area contributed by atoms with Gasteiger partial charge in [-0.15, -0.1) is 0 Å². The van der Waals surface area contributed by atoms with Crippen LogP contribution in [0.15, 0.2) is 78.9 Å². The first-order valence-corrected chi connectivity index (χ1v) is 10.0. The van der Waals surface area contributed by atoms with Gasteiger partial charge in [0.05, 0.1) is 17.2 Å². The predicted molar refractivity (Wildman–Crippen MR) is 118 cm³/mol. The molecule has 0 bridgehead atoms. The average Bonchev–Trinajstić information content (AvgIpc) is 2.78. The molecule has 0 aliphatic carbocycles. The highest BCUT2D eigenvalue weighted by molar-refractivity contribution is 5.87. The Kier molecular flexibility index (Phi) is 9.18. The van der Waals surface area contributed by atoms with E-state index in [2.05, 4.69) is 25.1 Å². The molecule has 148 valence electrons. The summed E-state index contributed by atoms with van der Waals surface area (Å²) in [5.41, 5.74) is 4.62. The maximum atomic E-state index is 10.6. The number of benzene rings is 3. The molecule has 29 heavy (non-hydrogen) atoms. The molecule has 1 N–H and O–H groups in total. The van der Waals surface area contributed by atoms with Crippen LogP contribution in [0.25, 0.3) is 11.1 Å². The normalized spacial score (nSPS) is 9.79. The van der Waals surface area contributed by atoms with Gasteiger partial charge in [-0.1, -0.05) is 80.8 Å². The Bertz CT molecular complexity index is 908. The fraction of sp³-hybridized carbons (Fsp3) is 0.231. The lowest BCUT2D eigenvalue weighted by Crippen LogP contribution is -1.96. The quantitative estimate of drug-likeness (QED) is 0.458. The molecule has 3 heteroatoms. The summed E-state index contributed by atoms with van der Waals surface area (Å²) in [5, 5.41) is 17.4. The third-order valence-electron chi connectivity index (χ3n) is 4.64. The molecule has 0 unspecified atom stereocenters. The van der Waals surface area contributed by atoms with Gasteiger partial charge in [0, 0.05) is 0 Å². The van der Waals surface area contributed by atoms with E-state index in [4.69, 9.17) is 10.4 Å². The summed E-state index contributed by atoms with van der Waals surface area (Å²) in [6, 6.07) is 27.0. The van der Waals surface area contributed by atoms with E-state index in [1.807, 2.05) is 54.6 Å². The molecule has 0 aliphatic heterocycles. The minimum atomic E-state index is -0.854. The minimum absolute atomic E-state index is 0.368. The molecule has 0 aliphatic rings. The van der Waals surface area contributed by atoms with Crippen molar-refractivity contribution in [1.29, 1.82) is 5.26 Å². The van der Waals surface area contributed by atoms with Gasteiger partial charge < -0.3 is 5.11 Å². The standard InChI is InChI=1S/C13H9N.C13H18O2/c14-10-11-6-8-13(9-7-11)12-4-2-1-3-5-12;1-2-3-4-5-6-11-7-9-12(10-8-11)13(14)15/h1-9H;7-10H,2-6H2,1H3,(H,14,15). The number of aromatic carboxylic acids is 1. The lowest BCUT2D eigenvalue weighted by atomic mass is 10.0. The van der Waals surface area contributed by atoms with Gasteiger partial charge in [0.1, 0.15) is 0 Å². The summed E-state index contributed by atoms with van der Waals surface area (Å²) in [6.45, 7) is 2.20. The van der Waals surface area contributed by atoms with Gasteiger partial charge in [-0.05, 0) is 53.8 Å². The van der Waals surface area contributed by atoms with Crippen LogP contribution in [0.1, 0.15) is 54.1 Å². The Morgan fingerprint density at radius 3 is 2.00 bits per heavy atom. The van der Waals surface area contributed by atoms with Crippen molar-refractivity contribution in [2.75, 3.05) is 0 Å². The number of nitriles is 1. The second-order valence-electron chi connectivity index (χ2n) is 6.87. The van der Waals surface area contributed by atoms with E-state index >= 15 is 0 Å². The van der Waals surface area contributed by atoms with Crippen LogP contribution in [0.4, 0.5) is 0 Å². The van der Waals surface area contributed by atoms with Crippen LogP contribution in [0.2, 0.25) is 0 Å². The molecule has 0 saturated carbocycles. The van der Waals surface area contributed by atoms with E-state index in [1.165, 1.54) is 36.8 Å². The summed E-state index contributed by atoms with van der Waals surface area (Å²) in [4.78, 5) is 10.6. The van der Waals surface area contributed by atoms with Gasteiger partial charge in [0.15, 0.2) is 0 Å². The number of carboxylic acids is 1. The van der Waals surface area contributed by atoms with Crippen LogP contribution >= 0.6 is 0 Å². The number of hydrogen-bond acceptors (Lipinski definition) is 2. The van der Waals surface area contributed by atoms with Crippen molar-refractivity contribution in [2.45, 2.75) is 39.0 Å². The smallest absolute Gasteiger partial charge is 0.335 e. The fourth-order valence-electron chi connectivity index (χ4n) is 2.94. The van der Waals surface area contributed by atoms with E-state index in [9.17, 15) is 4.79 Å². The highest BCUT2D eigenvalue weighted by Crippen LogP contribution is 2.18. The molecule has 0 fully saturated rings. The molecule has 0 atom stereocenters. The third kappa shape index (κ3) is 7.63. The van der Waals surface area contributed by atoms with Gasteiger partial charge in [-0.3, -0.25) is 0 Å². The zero-order valence-electron chi connectivity index (χ0n) is 16.8. The molecule has 0 amide bonds. The molecule has 0 spiro atoms. The van der Waals surface area contributed by atoms with E-state index in [0.29, 0.717) is 11.1 Å². The number of rotatable bonds is 7. The van der Waals surface area contributed by atoms with Crippen LogP contribution in [-0.4, -0.2) is 11.1 Å². The summed E-state index contributed by atoms with van der Waals surface area (Å²) < 4.78 is 0. The number of unbranched alkanes of at least 4 members (excludes halogenated alkanes) is 3. The second-order valence-corrected chi connectivity index (χ2v) is 6.87. The third-order valence-corrected chi connectivity index (χ3v) is 4.64. The maximum absolute atomic E-state index is 10.6. The Labute approximate surface area is 173 Å². The van der Waals surface area contributed by atoms with E-state index < -0.39 is 5.97 Å². The van der Waals surface area contributed by atoms with Gasteiger partial charge >= 0.3 is 5.97 Å². The van der Waals surface area contributed by atoms with Crippen molar-refractivity contribution in [1.82, 2.24) is 0 Å². The van der Waals surface area contributed by atoms with Crippen molar-refractivity contribution in [3.63, 3.8) is 0 Å². The summed E-state index contributed by atoms with van der Waals surface area (Å²) in [7, 11) is 0. The highest BCUT2D eigenvalue weighted by Gasteiger charge is 2.01. The van der Waals surface area contributed by atoms with Crippen LogP contribution in [0.5, 0.6) is 0 Å². The Morgan fingerprint density at radius 1 is 0.828 bits per heavy atom.